The van der Waals surface area contributed by atoms with E-state index in [9.17, 15) is 8.42 Å². The first-order chi connectivity index (χ1) is 12.3. The molecule has 3 rings (SSSR count). The fourth-order valence-electron chi connectivity index (χ4n) is 2.72. The third kappa shape index (κ3) is 4.60. The van der Waals surface area contributed by atoms with Crippen LogP contribution < -0.4 is 4.72 Å². The van der Waals surface area contributed by atoms with Gasteiger partial charge in [-0.25, -0.2) is 13.1 Å². The molecule has 0 saturated carbocycles. The Hall–Kier alpha value is -1.96. The summed E-state index contributed by atoms with van der Waals surface area (Å²) < 4.78 is 30.2. The molecular weight excluding hydrogens is 414 g/mol. The zero-order valence-corrected chi connectivity index (χ0v) is 17.0. The van der Waals surface area contributed by atoms with Crippen LogP contribution in [0.1, 0.15) is 22.5 Å². The van der Waals surface area contributed by atoms with Gasteiger partial charge in [0.05, 0.1) is 17.1 Å². The van der Waals surface area contributed by atoms with Crippen LogP contribution in [0.2, 0.25) is 0 Å². The summed E-state index contributed by atoms with van der Waals surface area (Å²) in [6, 6.07) is 16.5. The van der Waals surface area contributed by atoms with Gasteiger partial charge in [-0.15, -0.1) is 0 Å². The number of benzene rings is 2. The molecule has 1 heterocycles. The Labute approximate surface area is 162 Å². The van der Waals surface area contributed by atoms with Gasteiger partial charge in [0.15, 0.2) is 0 Å². The molecule has 1 aromatic heterocycles. The largest absolute Gasteiger partial charge is 0.265 e. The van der Waals surface area contributed by atoms with Crippen molar-refractivity contribution >= 4 is 26.0 Å². The van der Waals surface area contributed by atoms with E-state index < -0.39 is 10.0 Å². The second kappa shape index (κ2) is 7.73. The van der Waals surface area contributed by atoms with Crippen LogP contribution >= 0.6 is 15.9 Å². The number of aromatic nitrogens is 2. The predicted molar refractivity (Wildman–Crippen MR) is 105 cm³/mol. The van der Waals surface area contributed by atoms with Gasteiger partial charge in [-0.05, 0) is 55.3 Å². The highest BCUT2D eigenvalue weighted by molar-refractivity contribution is 9.10. The van der Waals surface area contributed by atoms with E-state index in [0.717, 1.165) is 27.0 Å². The molecule has 1 N–H and O–H groups in total. The average Bonchev–Trinajstić information content (AvgIpc) is 2.91. The molecule has 0 aliphatic heterocycles. The van der Waals surface area contributed by atoms with Crippen LogP contribution in [0.5, 0.6) is 0 Å². The minimum atomic E-state index is -3.54. The summed E-state index contributed by atoms with van der Waals surface area (Å²) >= 11 is 3.31. The van der Waals surface area contributed by atoms with Crippen molar-refractivity contribution < 1.29 is 8.42 Å². The smallest absolute Gasteiger partial charge is 0.240 e. The molecule has 0 atom stereocenters. The van der Waals surface area contributed by atoms with Crippen molar-refractivity contribution in [3.8, 4) is 0 Å². The van der Waals surface area contributed by atoms with Gasteiger partial charge < -0.3 is 0 Å². The lowest BCUT2D eigenvalue weighted by molar-refractivity contribution is 0.581. The first-order valence-electron chi connectivity index (χ1n) is 8.17. The maximum Gasteiger partial charge on any atom is 0.240 e. The fourth-order valence-corrected chi connectivity index (χ4v) is 4.00. The molecular formula is C19H20BrN3O2S. The van der Waals surface area contributed by atoms with Crippen molar-refractivity contribution in [2.45, 2.75) is 31.8 Å². The molecule has 5 nitrogen and oxygen atoms in total. The third-order valence-electron chi connectivity index (χ3n) is 4.02. The summed E-state index contributed by atoms with van der Waals surface area (Å²) in [5, 5.41) is 4.47. The molecule has 0 saturated heterocycles. The summed E-state index contributed by atoms with van der Waals surface area (Å²) in [7, 11) is -3.54. The van der Waals surface area contributed by atoms with Crippen molar-refractivity contribution in [2.75, 3.05) is 0 Å². The number of halogens is 1. The number of hydrogen-bond acceptors (Lipinski definition) is 3. The van der Waals surface area contributed by atoms with Crippen LogP contribution in [-0.4, -0.2) is 18.2 Å². The van der Waals surface area contributed by atoms with E-state index in [-0.39, 0.29) is 11.4 Å². The van der Waals surface area contributed by atoms with Crippen LogP contribution in [0.15, 0.2) is 64.0 Å². The van der Waals surface area contributed by atoms with Gasteiger partial charge in [-0.3, -0.25) is 4.68 Å². The maximum atomic E-state index is 12.4. The summed E-state index contributed by atoms with van der Waals surface area (Å²) in [6.07, 6.45) is 0. The molecule has 0 radical (unpaired) electrons. The molecule has 2 aromatic carbocycles. The predicted octanol–water partition coefficient (Wildman–Crippen LogP) is 3.79. The lowest BCUT2D eigenvalue weighted by atomic mass is 10.1. The van der Waals surface area contributed by atoms with E-state index in [1.165, 1.54) is 0 Å². The highest BCUT2D eigenvalue weighted by Gasteiger charge is 2.13. The molecule has 0 bridgehead atoms. The summed E-state index contributed by atoms with van der Waals surface area (Å²) in [4.78, 5) is 0.250. The van der Waals surface area contributed by atoms with Gasteiger partial charge in [-0.2, -0.15) is 5.10 Å². The van der Waals surface area contributed by atoms with Crippen LogP contribution in [0.3, 0.4) is 0 Å². The van der Waals surface area contributed by atoms with Gasteiger partial charge in [0.1, 0.15) is 0 Å². The number of nitrogens with one attached hydrogen (secondary N) is 1. The molecule has 0 aliphatic rings. The second-order valence-electron chi connectivity index (χ2n) is 6.18. The zero-order chi connectivity index (χ0) is 18.7. The van der Waals surface area contributed by atoms with Crippen LogP contribution in [0, 0.1) is 13.8 Å². The molecule has 26 heavy (non-hydrogen) atoms. The van der Waals surface area contributed by atoms with Crippen molar-refractivity contribution in [2.24, 2.45) is 0 Å². The molecule has 0 amide bonds. The van der Waals surface area contributed by atoms with Crippen LogP contribution in [0.4, 0.5) is 0 Å². The highest BCUT2D eigenvalue weighted by Crippen LogP contribution is 2.15. The SMILES string of the molecule is Cc1cc(C)n(Cc2cccc(CNS(=O)(=O)c3ccc(Br)cc3)c2)n1. The van der Waals surface area contributed by atoms with Crippen molar-refractivity contribution in [1.29, 1.82) is 0 Å². The molecule has 7 heteroatoms. The standard InChI is InChI=1S/C19H20BrN3O2S/c1-14-10-15(2)23(22-14)13-17-5-3-4-16(11-17)12-21-26(24,25)19-8-6-18(20)7-9-19/h3-11,21H,12-13H2,1-2H3. The number of nitrogens with zero attached hydrogens (tertiary/aromatic N) is 2. The zero-order valence-electron chi connectivity index (χ0n) is 14.6. The van der Waals surface area contributed by atoms with E-state index in [2.05, 4.69) is 25.8 Å². The van der Waals surface area contributed by atoms with Crippen molar-refractivity contribution in [1.82, 2.24) is 14.5 Å². The molecule has 0 fully saturated rings. The molecule has 3 aromatic rings. The van der Waals surface area contributed by atoms with Gasteiger partial charge >= 0.3 is 0 Å². The number of hydrogen-bond donors (Lipinski definition) is 1. The Morgan fingerprint density at radius 2 is 1.73 bits per heavy atom. The third-order valence-corrected chi connectivity index (χ3v) is 5.96. The lowest BCUT2D eigenvalue weighted by Crippen LogP contribution is -2.23. The van der Waals surface area contributed by atoms with E-state index in [1.807, 2.05) is 48.9 Å². The number of aryl methyl sites for hydroxylation is 2. The second-order valence-corrected chi connectivity index (χ2v) is 8.87. The highest BCUT2D eigenvalue weighted by atomic mass is 79.9. The Morgan fingerprint density at radius 3 is 2.38 bits per heavy atom. The first-order valence-corrected chi connectivity index (χ1v) is 10.5. The van der Waals surface area contributed by atoms with E-state index in [0.29, 0.717) is 6.54 Å². The van der Waals surface area contributed by atoms with Gasteiger partial charge in [0.25, 0.3) is 0 Å². The monoisotopic (exact) mass is 433 g/mol. The lowest BCUT2D eigenvalue weighted by Gasteiger charge is -2.09. The van der Waals surface area contributed by atoms with Gasteiger partial charge in [0, 0.05) is 16.7 Å². The average molecular weight is 434 g/mol. The Bertz CT molecular complexity index is 1010. The quantitative estimate of drug-likeness (QED) is 0.642. The van der Waals surface area contributed by atoms with E-state index >= 15 is 0 Å². The summed E-state index contributed by atoms with van der Waals surface area (Å²) in [5.41, 5.74) is 4.08. The van der Waals surface area contributed by atoms with Crippen molar-refractivity contribution in [3.05, 3.63) is 81.6 Å². The normalized spacial score (nSPS) is 11.7. The van der Waals surface area contributed by atoms with Gasteiger partial charge in [-0.1, -0.05) is 40.2 Å². The Morgan fingerprint density at radius 1 is 1.04 bits per heavy atom. The van der Waals surface area contributed by atoms with E-state index in [1.54, 1.807) is 24.3 Å². The Kier molecular flexibility index (Phi) is 5.60. The summed E-state index contributed by atoms with van der Waals surface area (Å²) in [5.74, 6) is 0. The van der Waals surface area contributed by atoms with Gasteiger partial charge in [0.2, 0.25) is 10.0 Å². The molecule has 0 aliphatic carbocycles. The molecule has 0 spiro atoms. The Balaban J connectivity index is 1.70. The molecule has 136 valence electrons. The minimum absolute atomic E-state index is 0.239. The fraction of sp³-hybridized carbons (Fsp3) is 0.211. The minimum Gasteiger partial charge on any atom is -0.265 e. The van der Waals surface area contributed by atoms with Crippen LogP contribution in [0.25, 0.3) is 0 Å². The first kappa shape index (κ1) is 18.8. The maximum absolute atomic E-state index is 12.4. The molecule has 0 unspecified atom stereocenters. The number of sulfonamides is 1. The number of rotatable bonds is 6. The van der Waals surface area contributed by atoms with Crippen LogP contribution in [-0.2, 0) is 23.1 Å². The summed E-state index contributed by atoms with van der Waals surface area (Å²) in [6.45, 7) is 4.89. The topological polar surface area (TPSA) is 64.0 Å². The van der Waals surface area contributed by atoms with E-state index in [4.69, 9.17) is 0 Å². The van der Waals surface area contributed by atoms with Crippen molar-refractivity contribution in [3.63, 3.8) is 0 Å².